The number of hydrogen-bond donors (Lipinski definition) is 1. The number of halogens is 1. The lowest BCUT2D eigenvalue weighted by atomic mass is 10.1. The van der Waals surface area contributed by atoms with Crippen molar-refractivity contribution in [2.45, 2.75) is 20.4 Å². The second-order valence-electron chi connectivity index (χ2n) is 6.81. The fourth-order valence-corrected chi connectivity index (χ4v) is 4.46. The zero-order valence-electron chi connectivity index (χ0n) is 15.9. The monoisotopic (exact) mass is 423 g/mol. The highest BCUT2D eigenvalue weighted by molar-refractivity contribution is 7.20. The summed E-state index contributed by atoms with van der Waals surface area (Å²) in [5, 5.41) is 4.03. The molecule has 0 atom stereocenters. The molecule has 0 radical (unpaired) electrons. The predicted molar refractivity (Wildman–Crippen MR) is 118 cm³/mol. The molecule has 4 aromatic rings. The van der Waals surface area contributed by atoms with Crippen molar-refractivity contribution in [3.8, 4) is 0 Å². The molecule has 0 spiro atoms. The Hall–Kier alpha value is -2.96. The van der Waals surface area contributed by atoms with Crippen LogP contribution in [0.15, 0.2) is 59.7 Å². The highest BCUT2D eigenvalue weighted by atomic mass is 35.5. The maximum atomic E-state index is 13.1. The van der Waals surface area contributed by atoms with Gasteiger partial charge in [0.15, 0.2) is 0 Å². The maximum absolute atomic E-state index is 13.1. The summed E-state index contributed by atoms with van der Waals surface area (Å²) in [5.74, 6) is -0.236. The summed E-state index contributed by atoms with van der Waals surface area (Å²) in [5.41, 5.74) is 3.11. The van der Waals surface area contributed by atoms with Gasteiger partial charge in [0, 0.05) is 10.7 Å². The molecule has 1 N–H and O–H groups in total. The van der Waals surface area contributed by atoms with Crippen LogP contribution >= 0.6 is 22.9 Å². The van der Waals surface area contributed by atoms with Gasteiger partial charge in [0.1, 0.15) is 4.83 Å². The molecule has 0 saturated carbocycles. The van der Waals surface area contributed by atoms with E-state index < -0.39 is 0 Å². The second kappa shape index (κ2) is 7.81. The van der Waals surface area contributed by atoms with Crippen LogP contribution in [-0.2, 0) is 6.54 Å². The largest absolute Gasteiger partial charge is 0.321 e. The molecule has 7 heteroatoms. The fourth-order valence-electron chi connectivity index (χ4n) is 3.21. The Morgan fingerprint density at radius 2 is 1.97 bits per heavy atom. The number of thiophene rings is 1. The molecule has 0 unspecified atom stereocenters. The van der Waals surface area contributed by atoms with Gasteiger partial charge in [-0.1, -0.05) is 41.9 Å². The topological polar surface area (TPSA) is 64.0 Å². The Labute approximate surface area is 176 Å². The van der Waals surface area contributed by atoms with Crippen molar-refractivity contribution < 1.29 is 4.79 Å². The van der Waals surface area contributed by atoms with E-state index in [-0.39, 0.29) is 11.5 Å². The van der Waals surface area contributed by atoms with Gasteiger partial charge in [-0.2, -0.15) is 0 Å². The molecule has 0 aliphatic carbocycles. The third kappa shape index (κ3) is 3.81. The molecule has 5 nitrogen and oxygen atoms in total. The third-order valence-corrected chi connectivity index (χ3v) is 6.19. The minimum atomic E-state index is -0.236. The molecule has 4 rings (SSSR count). The molecular formula is C22H18ClN3O2S. The number of carbonyl (C=O) groups excluding carboxylic acids is 1. The lowest BCUT2D eigenvalue weighted by Gasteiger charge is -2.07. The lowest BCUT2D eigenvalue weighted by Crippen LogP contribution is -2.21. The molecular weight excluding hydrogens is 406 g/mol. The van der Waals surface area contributed by atoms with Crippen LogP contribution in [0, 0.1) is 13.8 Å². The van der Waals surface area contributed by atoms with E-state index in [4.69, 9.17) is 11.6 Å². The van der Waals surface area contributed by atoms with Crippen LogP contribution in [0.4, 0.5) is 5.69 Å². The molecule has 0 fully saturated rings. The van der Waals surface area contributed by atoms with Gasteiger partial charge in [-0.25, -0.2) is 4.98 Å². The van der Waals surface area contributed by atoms with Crippen molar-refractivity contribution in [1.29, 1.82) is 0 Å². The van der Waals surface area contributed by atoms with Crippen molar-refractivity contribution in [3.05, 3.63) is 91.8 Å². The standard InChI is InChI=1S/C22H18ClN3O2S/c1-13-6-3-4-9-17(13)25-20(27)19-14(2)18-21(29-19)24-12-26(22(18)28)11-15-7-5-8-16(23)10-15/h3-10,12H,11H2,1-2H3,(H,25,27). The van der Waals surface area contributed by atoms with Crippen LogP contribution in [0.1, 0.15) is 26.4 Å². The number of anilines is 1. The highest BCUT2D eigenvalue weighted by Gasteiger charge is 2.20. The first-order chi connectivity index (χ1) is 13.9. The predicted octanol–water partition coefficient (Wildman–Crippen LogP) is 5.03. The Morgan fingerprint density at radius 3 is 2.72 bits per heavy atom. The van der Waals surface area contributed by atoms with Crippen LogP contribution in [-0.4, -0.2) is 15.5 Å². The number of nitrogens with one attached hydrogen (secondary N) is 1. The summed E-state index contributed by atoms with van der Waals surface area (Å²) in [7, 11) is 0. The zero-order chi connectivity index (χ0) is 20.5. The Balaban J connectivity index is 1.70. The quantitative estimate of drug-likeness (QED) is 0.500. The molecule has 0 bridgehead atoms. The Bertz CT molecular complexity index is 1290. The molecule has 2 aromatic heterocycles. The number of rotatable bonds is 4. The van der Waals surface area contributed by atoms with Gasteiger partial charge in [-0.15, -0.1) is 11.3 Å². The van der Waals surface area contributed by atoms with E-state index in [1.165, 1.54) is 22.2 Å². The van der Waals surface area contributed by atoms with E-state index in [0.29, 0.717) is 32.2 Å². The molecule has 0 saturated heterocycles. The number of para-hydroxylation sites is 1. The zero-order valence-corrected chi connectivity index (χ0v) is 17.5. The van der Waals surface area contributed by atoms with E-state index in [0.717, 1.165) is 16.8 Å². The van der Waals surface area contributed by atoms with Crippen LogP contribution in [0.2, 0.25) is 5.02 Å². The molecule has 0 aliphatic rings. The summed E-state index contributed by atoms with van der Waals surface area (Å²) in [6, 6.07) is 14.9. The first kappa shape index (κ1) is 19.4. The normalized spacial score (nSPS) is 11.0. The van der Waals surface area contributed by atoms with E-state index in [1.54, 1.807) is 13.0 Å². The first-order valence-electron chi connectivity index (χ1n) is 9.04. The van der Waals surface area contributed by atoms with E-state index >= 15 is 0 Å². The van der Waals surface area contributed by atoms with Crippen molar-refractivity contribution in [2.75, 3.05) is 5.32 Å². The Morgan fingerprint density at radius 1 is 1.17 bits per heavy atom. The number of amides is 1. The number of hydrogen-bond acceptors (Lipinski definition) is 4. The van der Waals surface area contributed by atoms with Crippen LogP contribution in [0.25, 0.3) is 10.2 Å². The van der Waals surface area contributed by atoms with Gasteiger partial charge in [0.05, 0.1) is 23.1 Å². The number of carbonyl (C=O) groups is 1. The van der Waals surface area contributed by atoms with E-state index in [1.807, 2.05) is 49.4 Å². The second-order valence-corrected chi connectivity index (χ2v) is 8.25. The SMILES string of the molecule is Cc1ccccc1NC(=O)c1sc2ncn(Cc3cccc(Cl)c3)c(=O)c2c1C. The molecule has 29 heavy (non-hydrogen) atoms. The summed E-state index contributed by atoms with van der Waals surface area (Å²) in [6.07, 6.45) is 1.52. The van der Waals surface area contributed by atoms with Gasteiger partial charge in [-0.3, -0.25) is 14.2 Å². The molecule has 2 heterocycles. The van der Waals surface area contributed by atoms with Crippen LogP contribution < -0.4 is 10.9 Å². The third-order valence-electron chi connectivity index (χ3n) is 4.76. The van der Waals surface area contributed by atoms with Crippen LogP contribution in [0.3, 0.4) is 0 Å². The Kier molecular flexibility index (Phi) is 5.22. The van der Waals surface area contributed by atoms with Crippen LogP contribution in [0.5, 0.6) is 0 Å². The maximum Gasteiger partial charge on any atom is 0.266 e. The highest BCUT2D eigenvalue weighted by Crippen LogP contribution is 2.28. The van der Waals surface area contributed by atoms with Crippen molar-refractivity contribution in [3.63, 3.8) is 0 Å². The minimum Gasteiger partial charge on any atom is -0.321 e. The minimum absolute atomic E-state index is 0.168. The average Bonchev–Trinajstić information content (AvgIpc) is 3.03. The van der Waals surface area contributed by atoms with Crippen molar-refractivity contribution in [2.24, 2.45) is 0 Å². The smallest absolute Gasteiger partial charge is 0.266 e. The number of aryl methyl sites for hydroxylation is 2. The lowest BCUT2D eigenvalue weighted by molar-refractivity contribution is 0.103. The van der Waals surface area contributed by atoms with Gasteiger partial charge in [-0.05, 0) is 48.7 Å². The molecule has 2 aromatic carbocycles. The summed E-state index contributed by atoms with van der Waals surface area (Å²) < 4.78 is 1.54. The fraction of sp³-hybridized carbons (Fsp3) is 0.136. The first-order valence-corrected chi connectivity index (χ1v) is 10.2. The molecule has 1 amide bonds. The van der Waals surface area contributed by atoms with E-state index in [2.05, 4.69) is 10.3 Å². The van der Waals surface area contributed by atoms with Crippen molar-refractivity contribution in [1.82, 2.24) is 9.55 Å². The summed E-state index contributed by atoms with van der Waals surface area (Å²) >= 11 is 7.27. The number of nitrogens with zero attached hydrogens (tertiary/aromatic N) is 2. The number of aromatic nitrogens is 2. The van der Waals surface area contributed by atoms with Gasteiger partial charge < -0.3 is 5.32 Å². The van der Waals surface area contributed by atoms with Gasteiger partial charge in [0.25, 0.3) is 11.5 Å². The summed E-state index contributed by atoms with van der Waals surface area (Å²) in [6.45, 7) is 4.09. The van der Waals surface area contributed by atoms with Gasteiger partial charge >= 0.3 is 0 Å². The van der Waals surface area contributed by atoms with Crippen molar-refractivity contribution >= 4 is 44.7 Å². The molecule has 146 valence electrons. The summed E-state index contributed by atoms with van der Waals surface area (Å²) in [4.78, 5) is 31.4. The average molecular weight is 424 g/mol. The number of fused-ring (bicyclic) bond motifs is 1. The van der Waals surface area contributed by atoms with E-state index in [9.17, 15) is 9.59 Å². The van der Waals surface area contributed by atoms with Gasteiger partial charge in [0.2, 0.25) is 0 Å². The molecule has 0 aliphatic heterocycles. The number of benzene rings is 2.